The van der Waals surface area contributed by atoms with E-state index in [1.165, 1.54) is 11.4 Å². The largest absolute Gasteiger partial charge is 0.497 e. The average molecular weight is 465 g/mol. The molecule has 2 aromatic carbocycles. The van der Waals surface area contributed by atoms with Crippen LogP contribution in [-0.2, 0) is 14.8 Å². The van der Waals surface area contributed by atoms with Gasteiger partial charge in [0.1, 0.15) is 5.75 Å². The minimum Gasteiger partial charge on any atom is -0.497 e. The molecular formula is C23H32N2O6S. The van der Waals surface area contributed by atoms with E-state index < -0.39 is 10.0 Å². The van der Waals surface area contributed by atoms with E-state index in [9.17, 15) is 13.2 Å². The van der Waals surface area contributed by atoms with Gasteiger partial charge in [-0.25, -0.2) is 8.42 Å². The maximum Gasteiger partial charge on any atom is 0.232 e. The van der Waals surface area contributed by atoms with Crippen LogP contribution in [0.3, 0.4) is 0 Å². The molecule has 2 rings (SSSR count). The van der Waals surface area contributed by atoms with E-state index in [2.05, 4.69) is 5.32 Å². The van der Waals surface area contributed by atoms with Crippen LogP contribution >= 0.6 is 0 Å². The summed E-state index contributed by atoms with van der Waals surface area (Å²) in [7, 11) is 1.16. The first-order valence-electron chi connectivity index (χ1n) is 10.4. The van der Waals surface area contributed by atoms with Crippen LogP contribution < -0.4 is 23.8 Å². The molecule has 0 aliphatic rings. The molecule has 0 spiro atoms. The number of nitrogens with zero attached hydrogens (tertiary/aromatic N) is 1. The van der Waals surface area contributed by atoms with E-state index in [0.717, 1.165) is 11.8 Å². The Kier molecular flexibility index (Phi) is 9.19. The van der Waals surface area contributed by atoms with Gasteiger partial charge >= 0.3 is 0 Å². The highest BCUT2D eigenvalue weighted by Crippen LogP contribution is 2.31. The summed E-state index contributed by atoms with van der Waals surface area (Å²) >= 11 is 0. The number of amides is 1. The number of sulfonamides is 1. The predicted molar refractivity (Wildman–Crippen MR) is 125 cm³/mol. The van der Waals surface area contributed by atoms with Gasteiger partial charge in [0.25, 0.3) is 0 Å². The smallest absolute Gasteiger partial charge is 0.232 e. The molecule has 0 unspecified atom stereocenters. The van der Waals surface area contributed by atoms with Crippen LogP contribution in [0.25, 0.3) is 0 Å². The number of carbonyl (C=O) groups is 1. The fourth-order valence-electron chi connectivity index (χ4n) is 3.39. The van der Waals surface area contributed by atoms with Crippen molar-refractivity contribution in [1.82, 2.24) is 5.32 Å². The molecule has 1 N–H and O–H groups in total. The standard InChI is InChI=1S/C23H32N2O6S/c1-6-20(17-12-13-21(30-3)22(15-17)31-4)24-23(26)11-8-14-25(32(5,27)28)18-9-7-10-19(16-18)29-2/h7,9-10,12-13,15-16,20H,6,8,11,14H2,1-5H3,(H,24,26)/t20-/m0/s1. The van der Waals surface area contributed by atoms with E-state index in [0.29, 0.717) is 35.8 Å². The number of nitrogens with one attached hydrogen (secondary N) is 1. The first-order valence-corrected chi connectivity index (χ1v) is 12.2. The van der Waals surface area contributed by atoms with Gasteiger partial charge in [0.2, 0.25) is 15.9 Å². The highest BCUT2D eigenvalue weighted by molar-refractivity contribution is 7.92. The highest BCUT2D eigenvalue weighted by atomic mass is 32.2. The summed E-state index contributed by atoms with van der Waals surface area (Å²) < 4.78 is 41.7. The molecule has 0 aliphatic heterocycles. The van der Waals surface area contributed by atoms with Crippen molar-refractivity contribution in [3.8, 4) is 17.2 Å². The van der Waals surface area contributed by atoms with Crippen LogP contribution in [0.1, 0.15) is 37.8 Å². The molecule has 0 saturated heterocycles. The summed E-state index contributed by atoms with van der Waals surface area (Å²) in [6.07, 6.45) is 2.41. The third-order valence-corrected chi connectivity index (χ3v) is 6.25. The summed E-state index contributed by atoms with van der Waals surface area (Å²) in [5.41, 5.74) is 1.41. The fraction of sp³-hybridized carbons (Fsp3) is 0.435. The zero-order chi connectivity index (χ0) is 23.7. The Morgan fingerprint density at radius 1 is 1.03 bits per heavy atom. The quantitative estimate of drug-likeness (QED) is 0.517. The van der Waals surface area contributed by atoms with Gasteiger partial charge in [-0.05, 0) is 42.7 Å². The van der Waals surface area contributed by atoms with Crippen molar-refractivity contribution in [3.05, 3.63) is 48.0 Å². The van der Waals surface area contributed by atoms with Gasteiger partial charge < -0.3 is 19.5 Å². The van der Waals surface area contributed by atoms with E-state index in [1.807, 2.05) is 19.1 Å². The molecule has 1 amide bonds. The number of benzene rings is 2. The molecule has 0 heterocycles. The van der Waals surface area contributed by atoms with Gasteiger partial charge in [-0.3, -0.25) is 9.10 Å². The van der Waals surface area contributed by atoms with Gasteiger partial charge in [-0.2, -0.15) is 0 Å². The minimum atomic E-state index is -3.51. The maximum atomic E-state index is 12.6. The topological polar surface area (TPSA) is 94.2 Å². The summed E-state index contributed by atoms with van der Waals surface area (Å²) in [6, 6.07) is 12.2. The number of rotatable bonds is 12. The van der Waals surface area contributed by atoms with Crippen molar-refractivity contribution in [2.24, 2.45) is 0 Å². The van der Waals surface area contributed by atoms with E-state index in [-0.39, 0.29) is 24.9 Å². The van der Waals surface area contributed by atoms with Crippen molar-refractivity contribution in [3.63, 3.8) is 0 Å². The van der Waals surface area contributed by atoms with Gasteiger partial charge in [0.15, 0.2) is 11.5 Å². The molecular weight excluding hydrogens is 432 g/mol. The lowest BCUT2D eigenvalue weighted by atomic mass is 10.0. The highest BCUT2D eigenvalue weighted by Gasteiger charge is 2.19. The van der Waals surface area contributed by atoms with E-state index in [1.54, 1.807) is 44.6 Å². The van der Waals surface area contributed by atoms with Gasteiger partial charge in [0.05, 0.1) is 39.3 Å². The number of anilines is 1. The van der Waals surface area contributed by atoms with Gasteiger partial charge in [0, 0.05) is 19.0 Å². The number of ether oxygens (including phenoxy) is 3. The van der Waals surface area contributed by atoms with Crippen molar-refractivity contribution in [1.29, 1.82) is 0 Å². The third kappa shape index (κ3) is 6.78. The Labute approximate surface area is 190 Å². The van der Waals surface area contributed by atoms with Gasteiger partial charge in [-0.1, -0.05) is 19.1 Å². The second kappa shape index (κ2) is 11.6. The van der Waals surface area contributed by atoms with Crippen molar-refractivity contribution in [2.45, 2.75) is 32.2 Å². The van der Waals surface area contributed by atoms with Crippen LogP contribution in [0.2, 0.25) is 0 Å². The Balaban J connectivity index is 2.02. The lowest BCUT2D eigenvalue weighted by Crippen LogP contribution is -2.33. The summed E-state index contributed by atoms with van der Waals surface area (Å²) in [4.78, 5) is 12.6. The molecule has 0 aromatic heterocycles. The molecule has 176 valence electrons. The van der Waals surface area contributed by atoms with Crippen LogP contribution in [0.5, 0.6) is 17.2 Å². The first kappa shape index (κ1) is 25.3. The molecule has 1 atom stereocenters. The van der Waals surface area contributed by atoms with Crippen LogP contribution in [0.4, 0.5) is 5.69 Å². The number of carbonyl (C=O) groups excluding carboxylic acids is 1. The average Bonchev–Trinajstić information content (AvgIpc) is 2.78. The zero-order valence-corrected chi connectivity index (χ0v) is 20.1. The minimum absolute atomic E-state index is 0.147. The lowest BCUT2D eigenvalue weighted by Gasteiger charge is -2.23. The number of hydrogen-bond donors (Lipinski definition) is 1. The summed E-state index contributed by atoms with van der Waals surface area (Å²) in [5, 5.41) is 3.02. The summed E-state index contributed by atoms with van der Waals surface area (Å²) in [6.45, 7) is 2.17. The second-order valence-electron chi connectivity index (χ2n) is 7.28. The van der Waals surface area contributed by atoms with Crippen LogP contribution in [0.15, 0.2) is 42.5 Å². The lowest BCUT2D eigenvalue weighted by molar-refractivity contribution is -0.121. The molecule has 9 heteroatoms. The normalized spacial score (nSPS) is 12.0. The molecule has 0 aliphatic carbocycles. The fourth-order valence-corrected chi connectivity index (χ4v) is 4.35. The Hall–Kier alpha value is -2.94. The molecule has 0 radical (unpaired) electrons. The van der Waals surface area contributed by atoms with Crippen molar-refractivity contribution in [2.75, 3.05) is 38.4 Å². The molecule has 2 aromatic rings. The molecule has 0 fully saturated rings. The Morgan fingerprint density at radius 2 is 1.75 bits per heavy atom. The second-order valence-corrected chi connectivity index (χ2v) is 9.19. The molecule has 0 bridgehead atoms. The SMILES string of the molecule is CC[C@H](NC(=O)CCCN(c1cccc(OC)c1)S(C)(=O)=O)c1ccc(OC)c(OC)c1. The predicted octanol–water partition coefficient (Wildman–Crippen LogP) is 3.53. The maximum absolute atomic E-state index is 12.6. The molecule has 32 heavy (non-hydrogen) atoms. The monoisotopic (exact) mass is 464 g/mol. The first-order chi connectivity index (χ1) is 15.2. The number of methoxy groups -OCH3 is 3. The van der Waals surface area contributed by atoms with Crippen LogP contribution in [0, 0.1) is 0 Å². The summed E-state index contributed by atoms with van der Waals surface area (Å²) in [5.74, 6) is 1.64. The zero-order valence-electron chi connectivity index (χ0n) is 19.3. The third-order valence-electron chi connectivity index (χ3n) is 5.06. The van der Waals surface area contributed by atoms with Crippen molar-refractivity contribution < 1.29 is 27.4 Å². The number of hydrogen-bond acceptors (Lipinski definition) is 6. The van der Waals surface area contributed by atoms with Crippen molar-refractivity contribution >= 4 is 21.6 Å². The molecule has 8 nitrogen and oxygen atoms in total. The van der Waals surface area contributed by atoms with E-state index in [4.69, 9.17) is 14.2 Å². The van der Waals surface area contributed by atoms with Crippen LogP contribution in [-0.4, -0.2) is 48.5 Å². The van der Waals surface area contributed by atoms with E-state index >= 15 is 0 Å². The Bertz CT molecular complexity index is 1010. The molecule has 0 saturated carbocycles. The Morgan fingerprint density at radius 3 is 2.34 bits per heavy atom. The van der Waals surface area contributed by atoms with Gasteiger partial charge in [-0.15, -0.1) is 0 Å².